The molecule has 1 unspecified atom stereocenters. The van der Waals surface area contributed by atoms with Crippen molar-refractivity contribution in [2.45, 2.75) is 32.4 Å². The Morgan fingerprint density at radius 2 is 2.14 bits per heavy atom. The minimum Gasteiger partial charge on any atom is -0.370 e. The van der Waals surface area contributed by atoms with Crippen LogP contribution in [0.4, 0.5) is 5.69 Å². The summed E-state index contributed by atoms with van der Waals surface area (Å²) in [5.74, 6) is 0. The van der Waals surface area contributed by atoms with Crippen molar-refractivity contribution >= 4 is 44.6 Å². The van der Waals surface area contributed by atoms with E-state index in [0.717, 1.165) is 39.4 Å². The highest BCUT2D eigenvalue weighted by atomic mass is 79.9. The van der Waals surface area contributed by atoms with E-state index in [9.17, 15) is 0 Å². The van der Waals surface area contributed by atoms with Gasteiger partial charge in [0.2, 0.25) is 0 Å². The number of halogens is 2. The average Bonchev–Trinajstić information content (AvgIpc) is 2.86. The fraction of sp³-hybridized carbons (Fsp3) is 0.375. The highest BCUT2D eigenvalue weighted by Gasteiger charge is 2.09. The fourth-order valence-electron chi connectivity index (χ4n) is 2.16. The van der Waals surface area contributed by atoms with Crippen LogP contribution in [0.15, 0.2) is 33.4 Å². The van der Waals surface area contributed by atoms with Gasteiger partial charge in [0.05, 0.1) is 3.79 Å². The predicted octanol–water partition coefficient (Wildman–Crippen LogP) is 5.08. The Morgan fingerprint density at radius 1 is 1.38 bits per heavy atom. The third kappa shape index (κ3) is 4.71. The van der Waals surface area contributed by atoms with Gasteiger partial charge in [-0.15, -0.1) is 11.3 Å². The van der Waals surface area contributed by atoms with Crippen LogP contribution in [-0.4, -0.2) is 13.1 Å². The summed E-state index contributed by atoms with van der Waals surface area (Å²) in [4.78, 5) is 2.20. The first-order valence-electron chi connectivity index (χ1n) is 6.97. The van der Waals surface area contributed by atoms with Gasteiger partial charge in [-0.25, -0.2) is 0 Å². The van der Waals surface area contributed by atoms with Gasteiger partial charge in [-0.2, -0.15) is 0 Å². The van der Waals surface area contributed by atoms with E-state index < -0.39 is 0 Å². The van der Waals surface area contributed by atoms with Gasteiger partial charge >= 0.3 is 0 Å². The van der Waals surface area contributed by atoms with Gasteiger partial charge in [-0.3, -0.25) is 0 Å². The lowest BCUT2D eigenvalue weighted by atomic mass is 10.0. The van der Waals surface area contributed by atoms with Crippen LogP contribution in [-0.2, 0) is 13.0 Å². The molecule has 1 atom stereocenters. The lowest BCUT2D eigenvalue weighted by Crippen LogP contribution is -2.21. The average molecular weight is 388 g/mol. The van der Waals surface area contributed by atoms with Gasteiger partial charge in [-0.1, -0.05) is 24.6 Å². The van der Waals surface area contributed by atoms with Gasteiger partial charge in [0, 0.05) is 30.3 Å². The van der Waals surface area contributed by atoms with E-state index in [1.807, 2.05) is 6.07 Å². The van der Waals surface area contributed by atoms with E-state index in [1.54, 1.807) is 11.3 Å². The topological polar surface area (TPSA) is 29.3 Å². The lowest BCUT2D eigenvalue weighted by molar-refractivity contribution is 0.646. The molecule has 0 aliphatic rings. The molecule has 2 nitrogen and oxygen atoms in total. The van der Waals surface area contributed by atoms with E-state index in [4.69, 9.17) is 17.3 Å². The molecule has 0 fully saturated rings. The smallest absolute Gasteiger partial charge is 0.0701 e. The predicted molar refractivity (Wildman–Crippen MR) is 97.5 cm³/mol. The maximum Gasteiger partial charge on any atom is 0.0701 e. The summed E-state index contributed by atoms with van der Waals surface area (Å²) in [7, 11) is 2.08. The van der Waals surface area contributed by atoms with Gasteiger partial charge in [0.1, 0.15) is 0 Å². The molecular formula is C16H20BrClN2S. The SMILES string of the molecule is CCC(N)Cc1ccc(N(C)Cc2csc(Br)c2)cc1Cl. The van der Waals surface area contributed by atoms with Crippen molar-refractivity contribution in [3.8, 4) is 0 Å². The number of nitrogens with zero attached hydrogens (tertiary/aromatic N) is 1. The molecule has 0 radical (unpaired) electrons. The Kier molecular flexibility index (Phi) is 6.11. The minimum atomic E-state index is 0.175. The molecule has 0 spiro atoms. The zero-order chi connectivity index (χ0) is 15.4. The molecule has 2 N–H and O–H groups in total. The number of thiophene rings is 1. The summed E-state index contributed by atoms with van der Waals surface area (Å²) in [5.41, 5.74) is 9.55. The number of nitrogens with two attached hydrogens (primary N) is 1. The normalized spacial score (nSPS) is 12.4. The maximum atomic E-state index is 6.39. The second-order valence-corrected chi connectivity index (χ2v) is 7.96. The summed E-state index contributed by atoms with van der Waals surface area (Å²) in [6.07, 6.45) is 1.79. The van der Waals surface area contributed by atoms with Crippen molar-refractivity contribution in [1.82, 2.24) is 0 Å². The second-order valence-electron chi connectivity index (χ2n) is 5.26. The molecule has 0 aliphatic carbocycles. The van der Waals surface area contributed by atoms with Crippen LogP contribution in [0.2, 0.25) is 5.02 Å². The zero-order valence-corrected chi connectivity index (χ0v) is 15.4. The molecule has 2 rings (SSSR count). The Labute approximate surface area is 144 Å². The first-order valence-corrected chi connectivity index (χ1v) is 9.02. The van der Waals surface area contributed by atoms with Crippen LogP contribution in [0.5, 0.6) is 0 Å². The molecule has 0 saturated heterocycles. The van der Waals surface area contributed by atoms with Crippen molar-refractivity contribution in [1.29, 1.82) is 0 Å². The quantitative estimate of drug-likeness (QED) is 0.749. The molecule has 2 aromatic rings. The molecule has 0 aliphatic heterocycles. The third-order valence-electron chi connectivity index (χ3n) is 3.53. The van der Waals surface area contributed by atoms with Crippen molar-refractivity contribution in [3.05, 3.63) is 49.6 Å². The molecule has 0 bridgehead atoms. The Hall–Kier alpha value is -0.550. The fourth-order valence-corrected chi connectivity index (χ4v) is 3.61. The van der Waals surface area contributed by atoms with Gasteiger partial charge in [-0.05, 0) is 63.5 Å². The number of anilines is 1. The first kappa shape index (κ1) is 16.8. The molecule has 1 aromatic heterocycles. The van der Waals surface area contributed by atoms with E-state index >= 15 is 0 Å². The first-order chi connectivity index (χ1) is 9.99. The highest BCUT2D eigenvalue weighted by Crippen LogP contribution is 2.27. The summed E-state index contributed by atoms with van der Waals surface area (Å²) in [6.45, 7) is 2.96. The van der Waals surface area contributed by atoms with Crippen LogP contribution in [0.1, 0.15) is 24.5 Å². The Morgan fingerprint density at radius 3 is 2.71 bits per heavy atom. The van der Waals surface area contributed by atoms with Gasteiger partial charge in [0.25, 0.3) is 0 Å². The molecular weight excluding hydrogens is 368 g/mol. The minimum absolute atomic E-state index is 0.175. The standard InChI is InChI=1S/C16H20BrClN2S/c1-3-13(19)7-12-4-5-14(8-15(12)18)20(2)9-11-6-16(17)21-10-11/h4-6,8,10,13H,3,7,9,19H2,1-2H3. The number of hydrogen-bond donors (Lipinski definition) is 1. The summed E-state index contributed by atoms with van der Waals surface area (Å²) >= 11 is 11.6. The third-order valence-corrected chi connectivity index (χ3v) is 5.43. The summed E-state index contributed by atoms with van der Waals surface area (Å²) in [6, 6.07) is 8.56. The second kappa shape index (κ2) is 7.63. The molecule has 0 amide bonds. The molecule has 114 valence electrons. The van der Waals surface area contributed by atoms with Crippen molar-refractivity contribution < 1.29 is 0 Å². The number of rotatable bonds is 6. The van der Waals surface area contributed by atoms with Crippen molar-refractivity contribution in [2.24, 2.45) is 5.73 Å². The van der Waals surface area contributed by atoms with Crippen molar-refractivity contribution in [2.75, 3.05) is 11.9 Å². The summed E-state index contributed by atoms with van der Waals surface area (Å²) in [5, 5.41) is 2.96. The van der Waals surface area contributed by atoms with Crippen LogP contribution in [0, 0.1) is 0 Å². The monoisotopic (exact) mass is 386 g/mol. The number of hydrogen-bond acceptors (Lipinski definition) is 3. The van der Waals surface area contributed by atoms with Gasteiger partial charge in [0.15, 0.2) is 0 Å². The van der Waals surface area contributed by atoms with E-state index in [-0.39, 0.29) is 6.04 Å². The van der Waals surface area contributed by atoms with Crippen LogP contribution in [0.25, 0.3) is 0 Å². The molecule has 1 aromatic carbocycles. The highest BCUT2D eigenvalue weighted by molar-refractivity contribution is 9.11. The Balaban J connectivity index is 2.08. The molecule has 0 saturated carbocycles. The number of benzene rings is 1. The molecule has 1 heterocycles. The van der Waals surface area contributed by atoms with Gasteiger partial charge < -0.3 is 10.6 Å². The maximum absolute atomic E-state index is 6.39. The van der Waals surface area contributed by atoms with E-state index in [2.05, 4.69) is 58.4 Å². The van der Waals surface area contributed by atoms with Crippen LogP contribution in [0.3, 0.4) is 0 Å². The lowest BCUT2D eigenvalue weighted by Gasteiger charge is -2.20. The van der Waals surface area contributed by atoms with Crippen molar-refractivity contribution in [3.63, 3.8) is 0 Å². The molecule has 21 heavy (non-hydrogen) atoms. The zero-order valence-electron chi connectivity index (χ0n) is 12.3. The largest absolute Gasteiger partial charge is 0.370 e. The van der Waals surface area contributed by atoms with E-state index in [0.29, 0.717) is 0 Å². The summed E-state index contributed by atoms with van der Waals surface area (Å²) < 4.78 is 1.16. The molecule has 5 heteroatoms. The van der Waals surface area contributed by atoms with Crippen LogP contribution < -0.4 is 10.6 Å². The van der Waals surface area contributed by atoms with E-state index in [1.165, 1.54) is 5.56 Å². The Bertz CT molecular complexity index is 600. The van der Waals surface area contributed by atoms with Crippen LogP contribution >= 0.6 is 38.9 Å².